The van der Waals surface area contributed by atoms with Gasteiger partial charge in [-0.2, -0.15) is 13.2 Å². The van der Waals surface area contributed by atoms with Gasteiger partial charge in [-0.25, -0.2) is 9.18 Å². The molecule has 0 aliphatic carbocycles. The second-order valence-electron chi connectivity index (χ2n) is 6.35. The Morgan fingerprint density at radius 3 is 2.57 bits per heavy atom. The Labute approximate surface area is 177 Å². The topological polar surface area (TPSA) is 83.0 Å². The minimum atomic E-state index is -4.88. The van der Waals surface area contributed by atoms with Crippen LogP contribution in [-0.4, -0.2) is 23.2 Å². The van der Waals surface area contributed by atoms with Crippen LogP contribution in [0.5, 0.6) is 0 Å². The van der Waals surface area contributed by atoms with Crippen molar-refractivity contribution in [3.8, 4) is 0 Å². The summed E-state index contributed by atoms with van der Waals surface area (Å²) < 4.78 is 55.1. The van der Waals surface area contributed by atoms with Crippen molar-refractivity contribution in [3.63, 3.8) is 0 Å². The van der Waals surface area contributed by atoms with Gasteiger partial charge in [-0.15, -0.1) is 0 Å². The summed E-state index contributed by atoms with van der Waals surface area (Å²) in [5.41, 5.74) is -2.52. The van der Waals surface area contributed by atoms with E-state index in [1.165, 1.54) is 18.2 Å². The molecule has 2 aromatic rings. The average Bonchev–Trinajstić information content (AvgIpc) is 3.09. The van der Waals surface area contributed by atoms with Gasteiger partial charge in [0.2, 0.25) is 0 Å². The normalized spacial score (nSPS) is 18.5. The fourth-order valence-corrected chi connectivity index (χ4v) is 3.21. The molecule has 1 atom stereocenters. The summed E-state index contributed by atoms with van der Waals surface area (Å²) in [6.45, 7) is -0.104. The predicted molar refractivity (Wildman–Crippen MR) is 102 cm³/mol. The molecule has 6 nitrogen and oxygen atoms in total. The SMILES string of the molecule is O=C(O)NCc1cc(NC2=NOC(c3ccc(F)c(Cl)c3)(C(F)(F)F)C2)ccc1Cl. The van der Waals surface area contributed by atoms with Crippen molar-refractivity contribution in [2.24, 2.45) is 5.16 Å². The van der Waals surface area contributed by atoms with Gasteiger partial charge in [0.15, 0.2) is 5.84 Å². The molecule has 12 heteroatoms. The van der Waals surface area contributed by atoms with Crippen LogP contribution in [0.25, 0.3) is 0 Å². The zero-order chi connectivity index (χ0) is 22.1. The highest BCUT2D eigenvalue weighted by atomic mass is 35.5. The van der Waals surface area contributed by atoms with Crippen molar-refractivity contribution in [2.75, 3.05) is 5.32 Å². The van der Waals surface area contributed by atoms with Crippen LogP contribution in [0.15, 0.2) is 41.6 Å². The Hall–Kier alpha value is -2.72. The predicted octanol–water partition coefficient (Wildman–Crippen LogP) is 5.50. The van der Waals surface area contributed by atoms with E-state index in [0.29, 0.717) is 11.3 Å². The van der Waals surface area contributed by atoms with Crippen LogP contribution in [0.1, 0.15) is 17.5 Å². The Kier molecular flexibility index (Phi) is 6.00. The lowest BCUT2D eigenvalue weighted by atomic mass is 9.89. The number of anilines is 1. The molecule has 0 saturated heterocycles. The minimum Gasteiger partial charge on any atom is -0.465 e. The molecule has 0 spiro atoms. The first-order valence-electron chi connectivity index (χ1n) is 8.31. The maximum atomic E-state index is 13.9. The van der Waals surface area contributed by atoms with E-state index in [4.69, 9.17) is 33.1 Å². The molecule has 0 radical (unpaired) electrons. The molecule has 1 aliphatic rings. The standard InChI is InChI=1S/C18H13Cl2F4N3O3/c19-12-3-2-11(5-9(12)8-25-16(28)29)26-15-7-17(30-27-15,18(22,23)24)10-1-4-14(21)13(20)6-10/h1-6,25H,7-8H2,(H,26,27)(H,28,29). The van der Waals surface area contributed by atoms with E-state index < -0.39 is 40.7 Å². The van der Waals surface area contributed by atoms with E-state index in [1.54, 1.807) is 0 Å². The third-order valence-electron chi connectivity index (χ3n) is 4.34. The minimum absolute atomic E-state index is 0.104. The van der Waals surface area contributed by atoms with Crippen molar-refractivity contribution in [1.82, 2.24) is 5.32 Å². The Balaban J connectivity index is 1.84. The van der Waals surface area contributed by atoms with Crippen LogP contribution in [-0.2, 0) is 17.0 Å². The molecule has 1 unspecified atom stereocenters. The van der Waals surface area contributed by atoms with Gasteiger partial charge in [-0.1, -0.05) is 34.4 Å². The van der Waals surface area contributed by atoms with Crippen molar-refractivity contribution >= 4 is 40.8 Å². The van der Waals surface area contributed by atoms with Crippen molar-refractivity contribution in [1.29, 1.82) is 0 Å². The monoisotopic (exact) mass is 465 g/mol. The number of rotatable bonds is 4. The molecule has 1 aliphatic heterocycles. The summed E-state index contributed by atoms with van der Waals surface area (Å²) in [5, 5.41) is 16.8. The van der Waals surface area contributed by atoms with Gasteiger partial charge in [0.05, 0.1) is 11.4 Å². The average molecular weight is 466 g/mol. The maximum Gasteiger partial charge on any atom is 0.435 e. The van der Waals surface area contributed by atoms with Crippen LogP contribution < -0.4 is 10.6 Å². The smallest absolute Gasteiger partial charge is 0.435 e. The summed E-state index contributed by atoms with van der Waals surface area (Å²) in [5.74, 6) is -1.01. The molecule has 3 rings (SSSR count). The van der Waals surface area contributed by atoms with Crippen LogP contribution in [0.3, 0.4) is 0 Å². The second kappa shape index (κ2) is 8.19. The lowest BCUT2D eigenvalue weighted by molar-refractivity contribution is -0.275. The second-order valence-corrected chi connectivity index (χ2v) is 7.16. The number of alkyl halides is 3. The molecule has 30 heavy (non-hydrogen) atoms. The highest BCUT2D eigenvalue weighted by molar-refractivity contribution is 6.31. The molecular weight excluding hydrogens is 453 g/mol. The summed E-state index contributed by atoms with van der Waals surface area (Å²) in [6, 6.07) is 7.00. The van der Waals surface area contributed by atoms with E-state index in [2.05, 4.69) is 15.8 Å². The van der Waals surface area contributed by atoms with Crippen molar-refractivity contribution < 1.29 is 32.3 Å². The first-order valence-corrected chi connectivity index (χ1v) is 9.07. The largest absolute Gasteiger partial charge is 0.465 e. The summed E-state index contributed by atoms with van der Waals surface area (Å²) in [7, 11) is 0. The van der Waals surface area contributed by atoms with Gasteiger partial charge < -0.3 is 20.6 Å². The molecule has 1 heterocycles. The first-order chi connectivity index (χ1) is 14.0. The highest BCUT2D eigenvalue weighted by Crippen LogP contribution is 2.48. The van der Waals surface area contributed by atoms with Gasteiger partial charge >= 0.3 is 12.3 Å². The van der Waals surface area contributed by atoms with E-state index >= 15 is 0 Å². The van der Waals surface area contributed by atoms with Gasteiger partial charge in [0, 0.05) is 22.8 Å². The van der Waals surface area contributed by atoms with Gasteiger partial charge in [0.25, 0.3) is 5.60 Å². The highest BCUT2D eigenvalue weighted by Gasteiger charge is 2.62. The Bertz CT molecular complexity index is 1020. The van der Waals surface area contributed by atoms with Gasteiger partial charge in [-0.05, 0) is 35.9 Å². The van der Waals surface area contributed by atoms with Crippen LogP contribution in [0.2, 0.25) is 10.0 Å². The molecule has 2 aromatic carbocycles. The fourth-order valence-electron chi connectivity index (χ4n) is 2.84. The van der Waals surface area contributed by atoms with Crippen molar-refractivity contribution in [3.05, 3.63) is 63.4 Å². The number of nitrogens with zero attached hydrogens (tertiary/aromatic N) is 1. The van der Waals surface area contributed by atoms with E-state index in [-0.39, 0.29) is 17.4 Å². The quantitative estimate of drug-likeness (QED) is 0.520. The zero-order valence-electron chi connectivity index (χ0n) is 14.9. The van der Waals surface area contributed by atoms with Crippen LogP contribution in [0.4, 0.5) is 28.0 Å². The third kappa shape index (κ3) is 4.39. The van der Waals surface area contributed by atoms with E-state index in [9.17, 15) is 22.4 Å². The number of hydrogen-bond acceptors (Lipinski definition) is 4. The lowest BCUT2D eigenvalue weighted by Crippen LogP contribution is -2.43. The van der Waals surface area contributed by atoms with Gasteiger partial charge in [0.1, 0.15) is 5.82 Å². The molecule has 1 amide bonds. The zero-order valence-corrected chi connectivity index (χ0v) is 16.4. The molecular formula is C18H13Cl2F4N3O3. The molecule has 0 bridgehead atoms. The van der Waals surface area contributed by atoms with Gasteiger partial charge in [-0.3, -0.25) is 0 Å². The number of nitrogens with one attached hydrogen (secondary N) is 2. The number of amides is 1. The van der Waals surface area contributed by atoms with Crippen molar-refractivity contribution in [2.45, 2.75) is 24.7 Å². The Morgan fingerprint density at radius 2 is 1.93 bits per heavy atom. The summed E-state index contributed by atoms with van der Waals surface area (Å²) >= 11 is 11.6. The van der Waals surface area contributed by atoms with E-state index in [1.807, 2.05) is 0 Å². The van der Waals surface area contributed by atoms with Crippen LogP contribution in [0, 0.1) is 5.82 Å². The number of oxime groups is 1. The summed E-state index contributed by atoms with van der Waals surface area (Å²) in [4.78, 5) is 15.5. The molecule has 0 aromatic heterocycles. The Morgan fingerprint density at radius 1 is 1.20 bits per heavy atom. The third-order valence-corrected chi connectivity index (χ3v) is 4.99. The number of benzene rings is 2. The maximum absolute atomic E-state index is 13.9. The number of carbonyl (C=O) groups is 1. The number of carboxylic acid groups (broad SMARTS) is 1. The molecule has 0 fully saturated rings. The van der Waals surface area contributed by atoms with E-state index in [0.717, 1.165) is 18.2 Å². The summed E-state index contributed by atoms with van der Waals surface area (Å²) in [6.07, 6.45) is -6.85. The number of halogens is 6. The molecule has 3 N–H and O–H groups in total. The van der Waals surface area contributed by atoms with Crippen LogP contribution >= 0.6 is 23.2 Å². The lowest BCUT2D eigenvalue weighted by Gasteiger charge is -2.29. The molecule has 0 saturated carbocycles. The number of hydrogen-bond donors (Lipinski definition) is 3. The fraction of sp³-hybridized carbons (Fsp3) is 0.222. The number of amidine groups is 1. The first kappa shape index (κ1) is 22.0. The molecule has 160 valence electrons.